The molecule has 0 radical (unpaired) electrons. The van der Waals surface area contributed by atoms with Crippen LogP contribution in [-0.4, -0.2) is 15.0 Å². The fraction of sp³-hybridized carbons (Fsp3) is 0.0192. The van der Waals surface area contributed by atoms with Crippen LogP contribution in [0.2, 0.25) is 0 Å². The van der Waals surface area contributed by atoms with Gasteiger partial charge in [-0.2, -0.15) is 0 Å². The van der Waals surface area contributed by atoms with Crippen molar-refractivity contribution >= 4 is 0 Å². The van der Waals surface area contributed by atoms with Crippen molar-refractivity contribution in [3.8, 4) is 67.5 Å². The third-order valence-corrected chi connectivity index (χ3v) is 10.8. The lowest BCUT2D eigenvalue weighted by atomic mass is 9.67. The van der Waals surface area contributed by atoms with Gasteiger partial charge < -0.3 is 0 Å². The van der Waals surface area contributed by atoms with E-state index in [1.165, 1.54) is 50.1 Å². The van der Waals surface area contributed by atoms with Gasteiger partial charge in [-0.15, -0.1) is 0 Å². The summed E-state index contributed by atoms with van der Waals surface area (Å²) < 4.78 is 0. The molecular weight excluding hydrogens is 667 g/mol. The van der Waals surface area contributed by atoms with E-state index in [2.05, 4.69) is 152 Å². The first-order chi connectivity index (χ1) is 27.3. The van der Waals surface area contributed by atoms with Crippen LogP contribution in [0, 0.1) is 0 Å². The van der Waals surface area contributed by atoms with E-state index in [1.54, 1.807) is 0 Å². The third kappa shape index (κ3) is 5.57. The molecule has 1 aromatic heterocycles. The van der Waals surface area contributed by atoms with Crippen LogP contribution in [-0.2, 0) is 5.41 Å². The zero-order chi connectivity index (χ0) is 36.6. The fourth-order valence-corrected chi connectivity index (χ4v) is 8.32. The molecule has 0 atom stereocenters. The second kappa shape index (κ2) is 13.6. The van der Waals surface area contributed by atoms with Gasteiger partial charge in [-0.3, -0.25) is 0 Å². The molecule has 10 rings (SSSR count). The summed E-state index contributed by atoms with van der Waals surface area (Å²) in [6.07, 6.45) is 0. The summed E-state index contributed by atoms with van der Waals surface area (Å²) in [6, 6.07) is 75.5. The molecule has 0 bridgehead atoms. The maximum absolute atomic E-state index is 5.00. The van der Waals surface area contributed by atoms with Crippen molar-refractivity contribution < 1.29 is 0 Å². The average molecular weight is 702 g/mol. The predicted molar refractivity (Wildman–Crippen MR) is 224 cm³/mol. The van der Waals surface area contributed by atoms with Crippen molar-refractivity contribution in [2.75, 3.05) is 0 Å². The van der Waals surface area contributed by atoms with Crippen LogP contribution in [0.4, 0.5) is 0 Å². The van der Waals surface area contributed by atoms with Crippen molar-refractivity contribution in [3.63, 3.8) is 0 Å². The summed E-state index contributed by atoms with van der Waals surface area (Å²) in [6.45, 7) is 0. The maximum Gasteiger partial charge on any atom is 0.164 e. The number of benzene rings is 8. The average Bonchev–Trinajstić information content (AvgIpc) is 3.57. The maximum atomic E-state index is 5.00. The number of fused-ring (bicyclic) bond motifs is 3. The van der Waals surface area contributed by atoms with Gasteiger partial charge in [-0.05, 0) is 67.8 Å². The van der Waals surface area contributed by atoms with E-state index in [-0.39, 0.29) is 0 Å². The number of hydrogen-bond donors (Lipinski definition) is 0. The lowest BCUT2D eigenvalue weighted by Crippen LogP contribution is -2.28. The minimum absolute atomic E-state index is 0.495. The van der Waals surface area contributed by atoms with Gasteiger partial charge in [-0.1, -0.05) is 200 Å². The number of hydrogen-bond acceptors (Lipinski definition) is 3. The van der Waals surface area contributed by atoms with Crippen molar-refractivity contribution in [3.05, 3.63) is 235 Å². The van der Waals surface area contributed by atoms with Crippen molar-refractivity contribution in [1.82, 2.24) is 15.0 Å². The highest BCUT2D eigenvalue weighted by Gasteiger charge is 2.46. The molecule has 0 spiro atoms. The van der Waals surface area contributed by atoms with E-state index in [1.807, 2.05) is 60.7 Å². The van der Waals surface area contributed by atoms with Gasteiger partial charge in [0, 0.05) is 16.7 Å². The highest BCUT2D eigenvalue weighted by molar-refractivity contribution is 5.95. The van der Waals surface area contributed by atoms with Gasteiger partial charge in [0.25, 0.3) is 0 Å². The number of nitrogens with zero attached hydrogens (tertiary/aromatic N) is 3. The number of aromatic nitrogens is 3. The van der Waals surface area contributed by atoms with Gasteiger partial charge in [0.2, 0.25) is 0 Å². The standard InChI is InChI=1S/C52H35N3/c1-6-18-36(19-7-1)44-34-46-43-28-16-17-29-47(43)52(41-24-12-4-13-25-41,42-26-14-5-15-27-42)48(46)35-45(44)37-30-32-40(33-31-37)51-54-49(38-20-8-2-9-21-38)53-50(55-51)39-22-10-3-11-23-39/h1-35H. The Morgan fingerprint density at radius 1 is 0.255 bits per heavy atom. The molecule has 1 aliphatic carbocycles. The minimum atomic E-state index is -0.495. The molecule has 1 aliphatic rings. The van der Waals surface area contributed by atoms with Crippen molar-refractivity contribution in [2.45, 2.75) is 5.41 Å². The molecule has 0 amide bonds. The van der Waals surface area contributed by atoms with Gasteiger partial charge in [0.1, 0.15) is 0 Å². The molecule has 3 heteroatoms. The SMILES string of the molecule is c1ccc(-c2nc(-c3ccccc3)nc(-c3ccc(-c4cc5c(cc4-c4ccccc4)-c4ccccc4C5(c4ccccc4)c4ccccc4)cc3)n2)cc1. The van der Waals surface area contributed by atoms with E-state index in [9.17, 15) is 0 Å². The normalized spacial score (nSPS) is 12.5. The van der Waals surface area contributed by atoms with Crippen LogP contribution in [0.3, 0.4) is 0 Å². The summed E-state index contributed by atoms with van der Waals surface area (Å²) >= 11 is 0. The molecule has 0 unspecified atom stereocenters. The van der Waals surface area contributed by atoms with Crippen LogP contribution >= 0.6 is 0 Å². The number of rotatable bonds is 7. The minimum Gasteiger partial charge on any atom is -0.208 e. The third-order valence-electron chi connectivity index (χ3n) is 10.8. The van der Waals surface area contributed by atoms with Crippen molar-refractivity contribution in [2.24, 2.45) is 0 Å². The molecule has 0 aliphatic heterocycles. The molecular formula is C52H35N3. The highest BCUT2D eigenvalue weighted by atomic mass is 15.0. The van der Waals surface area contributed by atoms with Crippen LogP contribution in [0.25, 0.3) is 67.5 Å². The van der Waals surface area contributed by atoms with E-state index >= 15 is 0 Å². The van der Waals surface area contributed by atoms with Crippen LogP contribution in [0.1, 0.15) is 22.3 Å². The summed E-state index contributed by atoms with van der Waals surface area (Å²) in [5.74, 6) is 1.94. The Bertz CT molecular complexity index is 2670. The molecule has 0 saturated heterocycles. The molecule has 8 aromatic carbocycles. The summed E-state index contributed by atoms with van der Waals surface area (Å²) in [5, 5.41) is 0. The Labute approximate surface area is 321 Å². The first-order valence-corrected chi connectivity index (χ1v) is 18.7. The Kier molecular flexibility index (Phi) is 8.04. The topological polar surface area (TPSA) is 38.7 Å². The monoisotopic (exact) mass is 701 g/mol. The quantitative estimate of drug-likeness (QED) is 0.166. The molecule has 3 nitrogen and oxygen atoms in total. The van der Waals surface area contributed by atoms with Crippen LogP contribution in [0.5, 0.6) is 0 Å². The van der Waals surface area contributed by atoms with E-state index in [4.69, 9.17) is 15.0 Å². The van der Waals surface area contributed by atoms with Gasteiger partial charge in [-0.25, -0.2) is 15.0 Å². The first-order valence-electron chi connectivity index (χ1n) is 18.7. The highest BCUT2D eigenvalue weighted by Crippen LogP contribution is 2.58. The Morgan fingerprint density at radius 3 is 1.13 bits per heavy atom. The van der Waals surface area contributed by atoms with Crippen LogP contribution in [0.15, 0.2) is 212 Å². The first kappa shape index (κ1) is 32.4. The lowest BCUT2D eigenvalue weighted by molar-refractivity contribution is 0.769. The Balaban J connectivity index is 1.18. The van der Waals surface area contributed by atoms with Gasteiger partial charge >= 0.3 is 0 Å². The smallest absolute Gasteiger partial charge is 0.164 e. The van der Waals surface area contributed by atoms with E-state index in [0.29, 0.717) is 17.5 Å². The molecule has 9 aromatic rings. The van der Waals surface area contributed by atoms with E-state index < -0.39 is 5.41 Å². The molecule has 0 fully saturated rings. The Hall–Kier alpha value is -7.23. The molecule has 0 saturated carbocycles. The van der Waals surface area contributed by atoms with E-state index in [0.717, 1.165) is 22.3 Å². The molecule has 258 valence electrons. The van der Waals surface area contributed by atoms with Gasteiger partial charge in [0.05, 0.1) is 5.41 Å². The molecule has 0 N–H and O–H groups in total. The van der Waals surface area contributed by atoms with Gasteiger partial charge in [0.15, 0.2) is 17.5 Å². The zero-order valence-corrected chi connectivity index (χ0v) is 30.0. The largest absolute Gasteiger partial charge is 0.208 e. The second-order valence-electron chi connectivity index (χ2n) is 14.0. The summed E-state index contributed by atoms with van der Waals surface area (Å²) in [5.41, 5.74) is 14.6. The Morgan fingerprint density at radius 2 is 0.618 bits per heavy atom. The molecule has 55 heavy (non-hydrogen) atoms. The van der Waals surface area contributed by atoms with Crippen molar-refractivity contribution in [1.29, 1.82) is 0 Å². The zero-order valence-electron chi connectivity index (χ0n) is 30.0. The lowest BCUT2D eigenvalue weighted by Gasteiger charge is -2.34. The second-order valence-corrected chi connectivity index (χ2v) is 14.0. The predicted octanol–water partition coefficient (Wildman–Crippen LogP) is 12.6. The fourth-order valence-electron chi connectivity index (χ4n) is 8.32. The van der Waals surface area contributed by atoms with Crippen LogP contribution < -0.4 is 0 Å². The summed E-state index contributed by atoms with van der Waals surface area (Å²) in [7, 11) is 0. The molecule has 1 heterocycles. The summed E-state index contributed by atoms with van der Waals surface area (Å²) in [4.78, 5) is 14.9.